The molecule has 6 nitrogen and oxygen atoms in total. The molecular weight excluding hydrogens is 464 g/mol. The highest BCUT2D eigenvalue weighted by molar-refractivity contribution is 7.21. The second-order valence-electron chi connectivity index (χ2n) is 8.85. The van der Waals surface area contributed by atoms with Crippen LogP contribution in [-0.2, 0) is 12.8 Å². The van der Waals surface area contributed by atoms with Crippen molar-refractivity contribution in [1.82, 2.24) is 4.98 Å². The number of nitrogens with zero attached hydrogens (tertiary/aromatic N) is 1. The molecule has 3 heterocycles. The Morgan fingerprint density at radius 2 is 1.82 bits per heavy atom. The van der Waals surface area contributed by atoms with E-state index in [4.69, 9.17) is 11.5 Å². The normalized spacial score (nSPS) is 15.3. The minimum Gasteiger partial charge on any atom is -0.397 e. The number of rotatable bonds is 4. The number of thiophene rings is 2. The zero-order chi connectivity index (χ0) is 24.1. The van der Waals surface area contributed by atoms with Gasteiger partial charge in [0.25, 0.3) is 11.8 Å². The summed E-state index contributed by atoms with van der Waals surface area (Å²) in [7, 11) is 0. The van der Waals surface area contributed by atoms with E-state index in [9.17, 15) is 9.59 Å². The molecule has 5 N–H and O–H groups in total. The average Bonchev–Trinajstić information content (AvgIpc) is 3.34. The van der Waals surface area contributed by atoms with Gasteiger partial charge in [0.15, 0.2) is 0 Å². The second kappa shape index (κ2) is 8.52. The molecule has 8 heteroatoms. The Morgan fingerprint density at radius 1 is 1.09 bits per heavy atom. The number of nitrogen functional groups attached to an aromatic ring is 1. The number of hydrogen-bond donors (Lipinski definition) is 3. The van der Waals surface area contributed by atoms with Crippen molar-refractivity contribution in [2.24, 2.45) is 5.73 Å². The summed E-state index contributed by atoms with van der Waals surface area (Å²) in [6.07, 6.45) is 2.52. The highest BCUT2D eigenvalue weighted by atomic mass is 32.1. The molecule has 0 saturated heterocycles. The van der Waals surface area contributed by atoms with Crippen LogP contribution in [0.4, 0.5) is 10.7 Å². The predicted octanol–water partition coefficient (Wildman–Crippen LogP) is 5.49. The molecule has 4 aromatic rings. The van der Waals surface area contributed by atoms with Crippen LogP contribution >= 0.6 is 22.7 Å². The fourth-order valence-corrected chi connectivity index (χ4v) is 7.27. The van der Waals surface area contributed by atoms with E-state index in [1.54, 1.807) is 0 Å². The summed E-state index contributed by atoms with van der Waals surface area (Å²) in [6, 6.07) is 10.4. The first-order valence-corrected chi connectivity index (χ1v) is 12.9. The Kier molecular flexibility index (Phi) is 5.65. The molecule has 1 unspecified atom stereocenters. The van der Waals surface area contributed by atoms with Gasteiger partial charge in [-0.15, -0.1) is 22.7 Å². The first kappa shape index (κ1) is 22.6. The van der Waals surface area contributed by atoms with Crippen molar-refractivity contribution in [2.45, 2.75) is 46.0 Å². The molecule has 0 bridgehead atoms. The van der Waals surface area contributed by atoms with E-state index in [1.165, 1.54) is 28.2 Å². The lowest BCUT2D eigenvalue weighted by Gasteiger charge is -2.22. The van der Waals surface area contributed by atoms with Crippen LogP contribution in [0.15, 0.2) is 30.3 Å². The summed E-state index contributed by atoms with van der Waals surface area (Å²) in [6.45, 7) is 5.96. The van der Waals surface area contributed by atoms with E-state index in [-0.39, 0.29) is 5.91 Å². The third-order valence-corrected chi connectivity index (χ3v) is 9.16. The van der Waals surface area contributed by atoms with Gasteiger partial charge in [0, 0.05) is 16.0 Å². The van der Waals surface area contributed by atoms with E-state index in [2.05, 4.69) is 34.6 Å². The Balaban J connectivity index is 1.49. The van der Waals surface area contributed by atoms with Crippen molar-refractivity contribution >= 4 is 55.4 Å². The number of amides is 2. The third kappa shape index (κ3) is 3.67. The first-order chi connectivity index (χ1) is 16.3. The number of carbonyl (C=O) groups excluding carboxylic acids is 2. The summed E-state index contributed by atoms with van der Waals surface area (Å²) in [5.74, 6) is -0.467. The van der Waals surface area contributed by atoms with Crippen molar-refractivity contribution in [3.8, 4) is 0 Å². The van der Waals surface area contributed by atoms with Gasteiger partial charge < -0.3 is 16.8 Å². The standard InChI is InChI=1S/C26H26N4O2S2/c1-12-13(2)19-21(27)22(34-25(19)29-14(12)3)24(32)30-26-20(23(28)31)17-10-9-16(11-18(17)33-26)15-7-5-4-6-8-15/h4-8,16H,9-11,27H2,1-3H3,(H2,28,31)(H,30,32). The van der Waals surface area contributed by atoms with E-state index in [0.717, 1.165) is 56.7 Å². The molecule has 0 saturated carbocycles. The molecule has 1 atom stereocenters. The largest absolute Gasteiger partial charge is 0.397 e. The summed E-state index contributed by atoms with van der Waals surface area (Å²) in [5.41, 5.74) is 18.3. The van der Waals surface area contributed by atoms with E-state index in [1.807, 2.05) is 26.8 Å². The molecule has 3 aromatic heterocycles. The number of nitrogens with two attached hydrogens (primary N) is 2. The zero-order valence-electron chi connectivity index (χ0n) is 19.3. The number of anilines is 2. The average molecular weight is 491 g/mol. The quantitative estimate of drug-likeness (QED) is 0.351. The minimum atomic E-state index is -0.515. The lowest BCUT2D eigenvalue weighted by atomic mass is 9.83. The van der Waals surface area contributed by atoms with Gasteiger partial charge in [-0.25, -0.2) is 4.98 Å². The van der Waals surface area contributed by atoms with Crippen molar-refractivity contribution in [3.63, 3.8) is 0 Å². The maximum atomic E-state index is 13.3. The maximum absolute atomic E-state index is 13.3. The van der Waals surface area contributed by atoms with E-state index < -0.39 is 5.91 Å². The number of carbonyl (C=O) groups is 2. The molecule has 5 rings (SSSR count). The van der Waals surface area contributed by atoms with Gasteiger partial charge in [0.2, 0.25) is 0 Å². The van der Waals surface area contributed by atoms with Crippen LogP contribution in [0, 0.1) is 20.8 Å². The summed E-state index contributed by atoms with van der Waals surface area (Å²) >= 11 is 2.72. The number of fused-ring (bicyclic) bond motifs is 2. The summed E-state index contributed by atoms with van der Waals surface area (Å²) in [4.78, 5) is 32.6. The van der Waals surface area contributed by atoms with Gasteiger partial charge in [-0.05, 0) is 68.2 Å². The molecule has 1 aliphatic rings. The number of benzene rings is 1. The van der Waals surface area contributed by atoms with Crippen LogP contribution in [-0.4, -0.2) is 16.8 Å². The number of nitrogens with one attached hydrogen (secondary N) is 1. The van der Waals surface area contributed by atoms with Crippen LogP contribution in [0.5, 0.6) is 0 Å². The molecule has 34 heavy (non-hydrogen) atoms. The highest BCUT2D eigenvalue weighted by Gasteiger charge is 2.30. The predicted molar refractivity (Wildman–Crippen MR) is 140 cm³/mol. The Hall–Kier alpha value is -3.23. The molecule has 1 aliphatic carbocycles. The molecule has 174 valence electrons. The van der Waals surface area contributed by atoms with Crippen molar-refractivity contribution in [1.29, 1.82) is 0 Å². The van der Waals surface area contributed by atoms with E-state index in [0.29, 0.717) is 27.0 Å². The van der Waals surface area contributed by atoms with Crippen molar-refractivity contribution < 1.29 is 9.59 Å². The van der Waals surface area contributed by atoms with Crippen LogP contribution in [0.1, 0.15) is 65.2 Å². The lowest BCUT2D eigenvalue weighted by Crippen LogP contribution is -2.19. The van der Waals surface area contributed by atoms with Gasteiger partial charge in [-0.2, -0.15) is 0 Å². The first-order valence-electron chi connectivity index (χ1n) is 11.2. The fourth-order valence-electron chi connectivity index (χ4n) is 4.84. The molecular formula is C26H26N4O2S2. The Morgan fingerprint density at radius 3 is 2.53 bits per heavy atom. The molecule has 2 amide bonds. The molecule has 0 radical (unpaired) electrons. The van der Waals surface area contributed by atoms with Gasteiger partial charge in [-0.3, -0.25) is 9.59 Å². The monoisotopic (exact) mass is 490 g/mol. The number of aromatic nitrogens is 1. The van der Waals surface area contributed by atoms with Crippen LogP contribution in [0.3, 0.4) is 0 Å². The SMILES string of the molecule is Cc1nc2sc(C(=O)Nc3sc4c(c3C(N)=O)CCC(c3ccccc3)C4)c(N)c2c(C)c1C. The van der Waals surface area contributed by atoms with E-state index >= 15 is 0 Å². The van der Waals surface area contributed by atoms with Gasteiger partial charge in [0.05, 0.1) is 11.3 Å². The lowest BCUT2D eigenvalue weighted by molar-refractivity contribution is 0.100. The van der Waals surface area contributed by atoms with Gasteiger partial charge >= 0.3 is 0 Å². The topological polar surface area (TPSA) is 111 Å². The van der Waals surface area contributed by atoms with Gasteiger partial charge in [0.1, 0.15) is 14.7 Å². The molecule has 0 spiro atoms. The number of pyridine rings is 1. The third-order valence-electron chi connectivity index (χ3n) is 6.89. The molecule has 0 aliphatic heterocycles. The van der Waals surface area contributed by atoms with Crippen molar-refractivity contribution in [2.75, 3.05) is 11.1 Å². The van der Waals surface area contributed by atoms with Gasteiger partial charge in [-0.1, -0.05) is 30.3 Å². The molecule has 1 aromatic carbocycles. The van der Waals surface area contributed by atoms with Crippen molar-refractivity contribution in [3.05, 3.63) is 73.6 Å². The fraction of sp³-hybridized carbons (Fsp3) is 0.269. The van der Waals surface area contributed by atoms with Crippen LogP contribution in [0.25, 0.3) is 10.2 Å². The smallest absolute Gasteiger partial charge is 0.268 e. The Bertz CT molecular complexity index is 1450. The summed E-state index contributed by atoms with van der Waals surface area (Å²) in [5, 5.41) is 4.28. The van der Waals surface area contributed by atoms with Crippen LogP contribution < -0.4 is 16.8 Å². The number of primary amides is 1. The minimum absolute atomic E-state index is 0.337. The van der Waals surface area contributed by atoms with Crippen LogP contribution in [0.2, 0.25) is 0 Å². The zero-order valence-corrected chi connectivity index (χ0v) is 21.0. The molecule has 0 fully saturated rings. The Labute approximate surface area is 206 Å². The maximum Gasteiger partial charge on any atom is 0.268 e. The second-order valence-corrected chi connectivity index (χ2v) is 11.0. The number of hydrogen-bond acceptors (Lipinski definition) is 6. The highest BCUT2D eigenvalue weighted by Crippen LogP contribution is 2.43. The summed E-state index contributed by atoms with van der Waals surface area (Å²) < 4.78 is 0. The number of aryl methyl sites for hydroxylation is 2.